The fourth-order valence-electron chi connectivity index (χ4n) is 4.09. The van der Waals surface area contributed by atoms with Gasteiger partial charge in [0.1, 0.15) is 11.4 Å². The fourth-order valence-corrected chi connectivity index (χ4v) is 4.09. The maximum atomic E-state index is 6.14. The van der Waals surface area contributed by atoms with Gasteiger partial charge in [-0.15, -0.1) is 0 Å². The average Bonchev–Trinajstić information content (AvgIpc) is 3.11. The van der Waals surface area contributed by atoms with Gasteiger partial charge in [0.05, 0.1) is 11.1 Å². The third kappa shape index (κ3) is 2.16. The van der Waals surface area contributed by atoms with Crippen LogP contribution in [0.3, 0.4) is 0 Å². The van der Waals surface area contributed by atoms with E-state index < -0.39 is 0 Å². The highest BCUT2D eigenvalue weighted by Gasteiger charge is 2.18. The monoisotopic (exact) mass is 360 g/mol. The number of hydrogen-bond acceptors (Lipinski definition) is 3. The summed E-state index contributed by atoms with van der Waals surface area (Å²) in [6.07, 6.45) is 0. The lowest BCUT2D eigenvalue weighted by Crippen LogP contribution is -1.92. The Morgan fingerprint density at radius 2 is 1.43 bits per heavy atom. The van der Waals surface area contributed by atoms with Crippen LogP contribution in [0.1, 0.15) is 5.82 Å². The summed E-state index contributed by atoms with van der Waals surface area (Å²) in [5.74, 6) is 0.707. The van der Waals surface area contributed by atoms with Crippen molar-refractivity contribution in [3.05, 3.63) is 84.7 Å². The molecule has 0 atom stereocenters. The molecule has 6 rings (SSSR count). The molecule has 0 bridgehead atoms. The van der Waals surface area contributed by atoms with Gasteiger partial charge in [-0.1, -0.05) is 66.7 Å². The standard InChI is InChI=1S/C25H16N2O/c1-15-26-24(19-11-10-16-6-2-3-8-18(16)14-19)23-22-20-9-5-4-7-17(20)12-13-21(22)28-25(23)27-15/h2-14H,1H3. The third-order valence-corrected chi connectivity index (χ3v) is 5.36. The normalized spacial score (nSPS) is 11.8. The molecule has 132 valence electrons. The van der Waals surface area contributed by atoms with E-state index in [9.17, 15) is 0 Å². The number of nitrogens with zero attached hydrogens (tertiary/aromatic N) is 2. The van der Waals surface area contributed by atoms with Crippen molar-refractivity contribution in [2.45, 2.75) is 6.92 Å². The first-order valence-corrected chi connectivity index (χ1v) is 9.36. The Bertz CT molecular complexity index is 1530. The SMILES string of the molecule is Cc1nc(-c2ccc3ccccc3c2)c2c(n1)oc1ccc3ccccc3c12. The van der Waals surface area contributed by atoms with Crippen molar-refractivity contribution in [1.82, 2.24) is 9.97 Å². The highest BCUT2D eigenvalue weighted by molar-refractivity contribution is 6.21. The second kappa shape index (κ2) is 5.64. The number of rotatable bonds is 1. The van der Waals surface area contributed by atoms with Crippen LogP contribution < -0.4 is 0 Å². The minimum Gasteiger partial charge on any atom is -0.438 e. The first-order valence-electron chi connectivity index (χ1n) is 9.36. The number of hydrogen-bond donors (Lipinski definition) is 0. The molecule has 0 unspecified atom stereocenters. The number of benzene rings is 4. The molecule has 3 nitrogen and oxygen atoms in total. The first-order chi connectivity index (χ1) is 13.8. The molecule has 0 fully saturated rings. The van der Waals surface area contributed by atoms with E-state index in [4.69, 9.17) is 9.40 Å². The van der Waals surface area contributed by atoms with E-state index in [1.807, 2.05) is 13.0 Å². The summed E-state index contributed by atoms with van der Waals surface area (Å²) in [6.45, 7) is 1.91. The minimum atomic E-state index is 0.641. The molecule has 0 radical (unpaired) electrons. The summed E-state index contributed by atoms with van der Waals surface area (Å²) in [7, 11) is 0. The predicted octanol–water partition coefficient (Wildman–Crippen LogP) is 6.66. The minimum absolute atomic E-state index is 0.641. The Morgan fingerprint density at radius 3 is 2.32 bits per heavy atom. The fraction of sp³-hybridized carbons (Fsp3) is 0.0400. The molecule has 0 spiro atoms. The molecule has 2 heterocycles. The van der Waals surface area contributed by atoms with Crippen LogP contribution in [0, 0.1) is 6.92 Å². The molecule has 0 aliphatic heterocycles. The van der Waals surface area contributed by atoms with Crippen molar-refractivity contribution in [3.63, 3.8) is 0 Å². The molecule has 0 N–H and O–H groups in total. The predicted molar refractivity (Wildman–Crippen MR) is 114 cm³/mol. The molecular weight excluding hydrogens is 344 g/mol. The first kappa shape index (κ1) is 15.3. The zero-order valence-corrected chi connectivity index (χ0v) is 15.3. The van der Waals surface area contributed by atoms with Gasteiger partial charge in [0.15, 0.2) is 0 Å². The molecule has 4 aromatic carbocycles. The summed E-state index contributed by atoms with van der Waals surface area (Å²) in [6, 6.07) is 27.4. The quantitative estimate of drug-likeness (QED) is 0.329. The Morgan fingerprint density at radius 1 is 0.679 bits per heavy atom. The molecule has 0 saturated heterocycles. The maximum absolute atomic E-state index is 6.14. The van der Waals surface area contributed by atoms with Gasteiger partial charge in [0.2, 0.25) is 5.71 Å². The van der Waals surface area contributed by atoms with Gasteiger partial charge in [-0.05, 0) is 40.6 Å². The van der Waals surface area contributed by atoms with E-state index in [1.165, 1.54) is 16.2 Å². The van der Waals surface area contributed by atoms with Crippen molar-refractivity contribution in [3.8, 4) is 11.3 Å². The topological polar surface area (TPSA) is 38.9 Å². The maximum Gasteiger partial charge on any atom is 0.231 e. The second-order valence-corrected chi connectivity index (χ2v) is 7.12. The van der Waals surface area contributed by atoms with Crippen LogP contribution in [-0.2, 0) is 0 Å². The molecule has 6 aromatic rings. The van der Waals surface area contributed by atoms with Gasteiger partial charge in [-0.25, -0.2) is 4.98 Å². The molecule has 3 heteroatoms. The number of fused-ring (bicyclic) bond motifs is 6. The van der Waals surface area contributed by atoms with Crippen LogP contribution >= 0.6 is 0 Å². The second-order valence-electron chi connectivity index (χ2n) is 7.12. The highest BCUT2D eigenvalue weighted by Crippen LogP contribution is 2.39. The van der Waals surface area contributed by atoms with E-state index in [1.54, 1.807) is 0 Å². The summed E-state index contributed by atoms with van der Waals surface area (Å²) in [5.41, 5.74) is 3.48. The van der Waals surface area contributed by atoms with E-state index >= 15 is 0 Å². The van der Waals surface area contributed by atoms with E-state index in [0.717, 1.165) is 33.0 Å². The number of aryl methyl sites for hydroxylation is 1. The summed E-state index contributed by atoms with van der Waals surface area (Å²) >= 11 is 0. The Hall–Kier alpha value is -3.72. The zero-order chi connectivity index (χ0) is 18.7. The van der Waals surface area contributed by atoms with Gasteiger partial charge in [-0.3, -0.25) is 0 Å². The molecule has 0 aliphatic rings. The summed E-state index contributed by atoms with van der Waals surface area (Å²) < 4.78 is 6.14. The summed E-state index contributed by atoms with van der Waals surface area (Å²) in [4.78, 5) is 9.43. The van der Waals surface area contributed by atoms with Crippen LogP contribution in [0.5, 0.6) is 0 Å². The van der Waals surface area contributed by atoms with E-state index in [2.05, 4.69) is 77.8 Å². The van der Waals surface area contributed by atoms with Gasteiger partial charge in [0.25, 0.3) is 0 Å². The highest BCUT2D eigenvalue weighted by atomic mass is 16.3. The Kier molecular flexibility index (Phi) is 3.09. The lowest BCUT2D eigenvalue weighted by Gasteiger charge is -2.07. The number of aromatic nitrogens is 2. The van der Waals surface area contributed by atoms with Gasteiger partial charge >= 0.3 is 0 Å². The molecule has 0 amide bonds. The third-order valence-electron chi connectivity index (χ3n) is 5.36. The Balaban J connectivity index is 1.79. The van der Waals surface area contributed by atoms with Crippen LogP contribution in [0.4, 0.5) is 0 Å². The van der Waals surface area contributed by atoms with E-state index in [-0.39, 0.29) is 0 Å². The van der Waals surface area contributed by atoms with Gasteiger partial charge in [-0.2, -0.15) is 4.98 Å². The Labute approximate surface area is 161 Å². The van der Waals surface area contributed by atoms with Crippen LogP contribution in [0.2, 0.25) is 0 Å². The molecule has 0 saturated carbocycles. The lowest BCUT2D eigenvalue weighted by molar-refractivity contribution is 0.651. The van der Waals surface area contributed by atoms with Crippen molar-refractivity contribution < 1.29 is 4.42 Å². The molecule has 2 aromatic heterocycles. The lowest BCUT2D eigenvalue weighted by atomic mass is 9.99. The van der Waals surface area contributed by atoms with Crippen LogP contribution in [-0.4, -0.2) is 9.97 Å². The molecule has 0 aliphatic carbocycles. The van der Waals surface area contributed by atoms with Crippen molar-refractivity contribution in [2.75, 3.05) is 0 Å². The van der Waals surface area contributed by atoms with Gasteiger partial charge < -0.3 is 4.42 Å². The van der Waals surface area contributed by atoms with Crippen molar-refractivity contribution in [1.29, 1.82) is 0 Å². The summed E-state index contributed by atoms with van der Waals surface area (Å²) in [5, 5.41) is 6.82. The largest absolute Gasteiger partial charge is 0.438 e. The van der Waals surface area contributed by atoms with Crippen LogP contribution in [0.15, 0.2) is 83.3 Å². The smallest absolute Gasteiger partial charge is 0.231 e. The van der Waals surface area contributed by atoms with Crippen molar-refractivity contribution >= 4 is 43.6 Å². The van der Waals surface area contributed by atoms with Crippen molar-refractivity contribution in [2.24, 2.45) is 0 Å². The zero-order valence-electron chi connectivity index (χ0n) is 15.3. The van der Waals surface area contributed by atoms with Gasteiger partial charge in [0, 0.05) is 10.9 Å². The molecular formula is C25H16N2O. The average molecular weight is 360 g/mol. The number of furan rings is 1. The van der Waals surface area contributed by atoms with E-state index in [0.29, 0.717) is 11.5 Å². The molecule has 28 heavy (non-hydrogen) atoms. The van der Waals surface area contributed by atoms with Crippen LogP contribution in [0.25, 0.3) is 54.9 Å².